The molecule has 110 valence electrons. The van der Waals surface area contributed by atoms with Crippen LogP contribution in [0.2, 0.25) is 0 Å². The van der Waals surface area contributed by atoms with Gasteiger partial charge < -0.3 is 5.11 Å². The molecule has 0 radical (unpaired) electrons. The van der Waals surface area contributed by atoms with Crippen LogP contribution >= 0.6 is 0 Å². The zero-order valence-corrected chi connectivity index (χ0v) is 13.4. The van der Waals surface area contributed by atoms with Crippen LogP contribution < -0.4 is 0 Å². The van der Waals surface area contributed by atoms with Crippen LogP contribution in [0.5, 0.6) is 0 Å². The highest BCUT2D eigenvalue weighted by atomic mass is 16.3. The Hall–Kier alpha value is -1.60. The van der Waals surface area contributed by atoms with Gasteiger partial charge in [0.1, 0.15) is 5.60 Å². The average Bonchev–Trinajstić information content (AvgIpc) is 2.76. The lowest BCUT2D eigenvalue weighted by Crippen LogP contribution is -2.23. The van der Waals surface area contributed by atoms with E-state index in [0.717, 1.165) is 17.5 Å². The molecule has 0 spiro atoms. The van der Waals surface area contributed by atoms with Crippen molar-refractivity contribution in [3.63, 3.8) is 0 Å². The summed E-state index contributed by atoms with van der Waals surface area (Å²) < 4.78 is 0. The van der Waals surface area contributed by atoms with Crippen LogP contribution in [-0.4, -0.2) is 5.11 Å². The number of benzene rings is 2. The number of aliphatic hydroxyl groups is 1. The van der Waals surface area contributed by atoms with Crippen LogP contribution in [-0.2, 0) is 5.60 Å². The molecule has 1 aliphatic rings. The molecule has 3 rings (SSSR count). The Morgan fingerprint density at radius 2 is 1.86 bits per heavy atom. The first-order chi connectivity index (χ1) is 10.0. The molecular formula is C20H24O. The second kappa shape index (κ2) is 4.99. The predicted molar refractivity (Wildman–Crippen MR) is 88.6 cm³/mol. The van der Waals surface area contributed by atoms with Gasteiger partial charge in [0.05, 0.1) is 0 Å². The topological polar surface area (TPSA) is 20.2 Å². The van der Waals surface area contributed by atoms with Gasteiger partial charge in [-0.05, 0) is 53.5 Å². The van der Waals surface area contributed by atoms with Crippen molar-refractivity contribution in [3.05, 3.63) is 58.7 Å². The van der Waals surface area contributed by atoms with Crippen LogP contribution in [0.1, 0.15) is 61.8 Å². The minimum Gasteiger partial charge on any atom is -0.380 e. The van der Waals surface area contributed by atoms with Crippen molar-refractivity contribution >= 4 is 0 Å². The molecule has 1 nitrogen and oxygen atoms in total. The SMILES string of the molecule is CCC(C)c1cccc2c1-c1ccc(C)cc1C2(O)CC. The first-order valence-electron chi connectivity index (χ1n) is 8.00. The van der Waals surface area contributed by atoms with E-state index in [9.17, 15) is 5.11 Å². The van der Waals surface area contributed by atoms with Gasteiger partial charge in [-0.2, -0.15) is 0 Å². The quantitative estimate of drug-likeness (QED) is 0.826. The number of rotatable bonds is 3. The monoisotopic (exact) mass is 280 g/mol. The standard InChI is InChI=1S/C20H24O/c1-5-14(4)15-8-7-9-17-19(15)16-11-10-13(3)12-18(16)20(17,21)6-2/h7-12,14,21H,5-6H2,1-4H3. The average molecular weight is 280 g/mol. The maximum absolute atomic E-state index is 11.3. The third-order valence-electron chi connectivity index (χ3n) is 5.09. The van der Waals surface area contributed by atoms with Gasteiger partial charge in [-0.3, -0.25) is 0 Å². The minimum atomic E-state index is -0.833. The summed E-state index contributed by atoms with van der Waals surface area (Å²) >= 11 is 0. The van der Waals surface area contributed by atoms with Crippen LogP contribution in [0.3, 0.4) is 0 Å². The molecule has 1 heteroatoms. The Labute approximate surface area is 127 Å². The van der Waals surface area contributed by atoms with Crippen LogP contribution in [0.4, 0.5) is 0 Å². The van der Waals surface area contributed by atoms with Gasteiger partial charge in [-0.15, -0.1) is 0 Å². The van der Waals surface area contributed by atoms with Crippen molar-refractivity contribution in [2.45, 2.75) is 52.1 Å². The molecule has 0 aromatic heterocycles. The number of aryl methyl sites for hydroxylation is 1. The molecule has 0 bridgehead atoms. The summed E-state index contributed by atoms with van der Waals surface area (Å²) in [5, 5.41) is 11.3. The van der Waals surface area contributed by atoms with E-state index >= 15 is 0 Å². The lowest BCUT2D eigenvalue weighted by atomic mass is 9.86. The van der Waals surface area contributed by atoms with Crippen molar-refractivity contribution in [3.8, 4) is 11.1 Å². The molecule has 2 unspecified atom stereocenters. The van der Waals surface area contributed by atoms with E-state index in [0.29, 0.717) is 12.3 Å². The van der Waals surface area contributed by atoms with E-state index in [-0.39, 0.29) is 0 Å². The van der Waals surface area contributed by atoms with E-state index in [4.69, 9.17) is 0 Å². The molecule has 0 aliphatic heterocycles. The maximum atomic E-state index is 11.3. The van der Waals surface area contributed by atoms with Gasteiger partial charge in [-0.1, -0.05) is 62.7 Å². The van der Waals surface area contributed by atoms with E-state index in [1.54, 1.807) is 0 Å². The summed E-state index contributed by atoms with van der Waals surface area (Å²) in [5.74, 6) is 0.508. The first kappa shape index (κ1) is 14.3. The predicted octanol–water partition coefficient (Wildman–Crippen LogP) is 5.13. The molecule has 0 amide bonds. The van der Waals surface area contributed by atoms with Crippen molar-refractivity contribution < 1.29 is 5.11 Å². The summed E-state index contributed by atoms with van der Waals surface area (Å²) in [7, 11) is 0. The number of hydrogen-bond acceptors (Lipinski definition) is 1. The van der Waals surface area contributed by atoms with Gasteiger partial charge in [0.2, 0.25) is 0 Å². The second-order valence-corrected chi connectivity index (χ2v) is 6.34. The Bertz CT molecular complexity index is 686. The molecule has 2 aromatic rings. The van der Waals surface area contributed by atoms with Gasteiger partial charge >= 0.3 is 0 Å². The molecular weight excluding hydrogens is 256 g/mol. The Balaban J connectivity index is 2.35. The summed E-state index contributed by atoms with van der Waals surface area (Å²) in [5.41, 5.74) is 6.39. The fraction of sp³-hybridized carbons (Fsp3) is 0.400. The largest absolute Gasteiger partial charge is 0.380 e. The molecule has 0 heterocycles. The van der Waals surface area contributed by atoms with Gasteiger partial charge in [-0.25, -0.2) is 0 Å². The van der Waals surface area contributed by atoms with Crippen LogP contribution in [0.25, 0.3) is 11.1 Å². The third-order valence-corrected chi connectivity index (χ3v) is 5.09. The summed E-state index contributed by atoms with van der Waals surface area (Å²) in [6, 6.07) is 12.9. The van der Waals surface area contributed by atoms with E-state index < -0.39 is 5.60 Å². The number of fused-ring (bicyclic) bond motifs is 3. The molecule has 0 saturated heterocycles. The Morgan fingerprint density at radius 3 is 2.52 bits per heavy atom. The smallest absolute Gasteiger partial charge is 0.116 e. The highest BCUT2D eigenvalue weighted by molar-refractivity contribution is 5.83. The van der Waals surface area contributed by atoms with Gasteiger partial charge in [0.15, 0.2) is 0 Å². The first-order valence-corrected chi connectivity index (χ1v) is 8.00. The molecule has 21 heavy (non-hydrogen) atoms. The Morgan fingerprint density at radius 1 is 1.10 bits per heavy atom. The van der Waals surface area contributed by atoms with Gasteiger partial charge in [0, 0.05) is 0 Å². The van der Waals surface area contributed by atoms with E-state index in [2.05, 4.69) is 64.1 Å². The van der Waals surface area contributed by atoms with E-state index in [1.165, 1.54) is 22.3 Å². The molecule has 2 atom stereocenters. The zero-order chi connectivity index (χ0) is 15.2. The zero-order valence-electron chi connectivity index (χ0n) is 13.4. The normalized spacial score (nSPS) is 21.0. The van der Waals surface area contributed by atoms with E-state index in [1.807, 2.05) is 0 Å². The van der Waals surface area contributed by atoms with Gasteiger partial charge in [0.25, 0.3) is 0 Å². The van der Waals surface area contributed by atoms with Crippen LogP contribution in [0.15, 0.2) is 36.4 Å². The van der Waals surface area contributed by atoms with Crippen molar-refractivity contribution in [1.29, 1.82) is 0 Å². The maximum Gasteiger partial charge on any atom is 0.116 e. The minimum absolute atomic E-state index is 0.508. The lowest BCUT2D eigenvalue weighted by Gasteiger charge is -2.24. The molecule has 1 aliphatic carbocycles. The fourth-order valence-electron chi connectivity index (χ4n) is 3.59. The molecule has 0 saturated carbocycles. The molecule has 2 aromatic carbocycles. The van der Waals surface area contributed by atoms with Crippen molar-refractivity contribution in [2.75, 3.05) is 0 Å². The summed E-state index contributed by atoms with van der Waals surface area (Å²) in [4.78, 5) is 0. The van der Waals surface area contributed by atoms with Crippen LogP contribution in [0, 0.1) is 6.92 Å². The highest BCUT2D eigenvalue weighted by Crippen LogP contribution is 2.51. The second-order valence-electron chi connectivity index (χ2n) is 6.34. The third kappa shape index (κ3) is 1.95. The molecule has 1 N–H and O–H groups in total. The summed E-state index contributed by atoms with van der Waals surface area (Å²) in [6.07, 6.45) is 1.82. The highest BCUT2D eigenvalue weighted by Gasteiger charge is 2.41. The Kier molecular flexibility index (Phi) is 3.41. The fourth-order valence-corrected chi connectivity index (χ4v) is 3.59. The van der Waals surface area contributed by atoms with Crippen molar-refractivity contribution in [2.24, 2.45) is 0 Å². The van der Waals surface area contributed by atoms with Crippen molar-refractivity contribution in [1.82, 2.24) is 0 Å². The number of hydrogen-bond donors (Lipinski definition) is 1. The molecule has 0 fully saturated rings. The lowest BCUT2D eigenvalue weighted by molar-refractivity contribution is 0.0813. The summed E-state index contributed by atoms with van der Waals surface area (Å²) in [6.45, 7) is 8.65.